The van der Waals surface area contributed by atoms with Crippen molar-refractivity contribution in [1.82, 2.24) is 0 Å². The Morgan fingerprint density at radius 3 is 2.83 bits per heavy atom. The Morgan fingerprint density at radius 2 is 2.11 bits per heavy atom. The van der Waals surface area contributed by atoms with Gasteiger partial charge < -0.3 is 0 Å². The van der Waals surface area contributed by atoms with Crippen LogP contribution < -0.4 is 0 Å². The SMILES string of the molecule is O=C(Cc1cc(Br)ccc1F)CC1CCSCC1. The molecule has 1 heterocycles. The highest BCUT2D eigenvalue weighted by Gasteiger charge is 2.18. The Balaban J connectivity index is 1.92. The van der Waals surface area contributed by atoms with E-state index in [1.54, 1.807) is 12.1 Å². The lowest BCUT2D eigenvalue weighted by molar-refractivity contribution is -0.119. The van der Waals surface area contributed by atoms with Gasteiger partial charge in [0.15, 0.2) is 0 Å². The van der Waals surface area contributed by atoms with Crippen molar-refractivity contribution in [3.63, 3.8) is 0 Å². The van der Waals surface area contributed by atoms with Gasteiger partial charge in [0.05, 0.1) is 0 Å². The smallest absolute Gasteiger partial charge is 0.137 e. The molecule has 1 aliphatic heterocycles. The highest BCUT2D eigenvalue weighted by Crippen LogP contribution is 2.26. The summed E-state index contributed by atoms with van der Waals surface area (Å²) >= 11 is 5.26. The zero-order valence-electron chi connectivity index (χ0n) is 10.1. The van der Waals surface area contributed by atoms with Gasteiger partial charge in [-0.15, -0.1) is 0 Å². The number of halogens is 2. The highest BCUT2D eigenvalue weighted by atomic mass is 79.9. The minimum Gasteiger partial charge on any atom is -0.299 e. The lowest BCUT2D eigenvalue weighted by atomic mass is 9.94. The fourth-order valence-electron chi connectivity index (χ4n) is 2.24. The molecule has 1 aromatic rings. The van der Waals surface area contributed by atoms with E-state index in [1.807, 2.05) is 11.8 Å². The van der Waals surface area contributed by atoms with E-state index in [2.05, 4.69) is 15.9 Å². The van der Waals surface area contributed by atoms with E-state index < -0.39 is 0 Å². The lowest BCUT2D eigenvalue weighted by Gasteiger charge is -2.20. The van der Waals surface area contributed by atoms with Crippen LogP contribution in [0.3, 0.4) is 0 Å². The molecule has 1 saturated heterocycles. The normalized spacial score (nSPS) is 16.8. The van der Waals surface area contributed by atoms with Crippen LogP contribution in [0, 0.1) is 11.7 Å². The standard InChI is InChI=1S/C14H16BrFOS/c15-12-1-2-14(16)11(8-12)9-13(17)7-10-3-5-18-6-4-10/h1-2,8,10H,3-7,9H2. The Labute approximate surface area is 120 Å². The van der Waals surface area contributed by atoms with Gasteiger partial charge in [0.2, 0.25) is 0 Å². The van der Waals surface area contributed by atoms with Crippen LogP contribution in [0.4, 0.5) is 4.39 Å². The number of rotatable bonds is 4. The van der Waals surface area contributed by atoms with E-state index in [0.29, 0.717) is 17.9 Å². The first-order valence-electron chi connectivity index (χ1n) is 6.18. The zero-order valence-corrected chi connectivity index (χ0v) is 12.5. The molecular weight excluding hydrogens is 315 g/mol. The Bertz CT molecular complexity index is 430. The first-order valence-corrected chi connectivity index (χ1v) is 8.13. The topological polar surface area (TPSA) is 17.1 Å². The van der Waals surface area contributed by atoms with E-state index >= 15 is 0 Å². The highest BCUT2D eigenvalue weighted by molar-refractivity contribution is 9.10. The van der Waals surface area contributed by atoms with Gasteiger partial charge >= 0.3 is 0 Å². The van der Waals surface area contributed by atoms with Crippen LogP contribution in [-0.2, 0) is 11.2 Å². The maximum absolute atomic E-state index is 13.5. The minimum atomic E-state index is -0.286. The number of ketones is 1. The molecular formula is C14H16BrFOS. The predicted octanol–water partition coefficient (Wildman–Crippen LogP) is 4.23. The van der Waals surface area contributed by atoms with Crippen LogP contribution in [-0.4, -0.2) is 17.3 Å². The second-order valence-corrected chi connectivity index (χ2v) is 6.85. The summed E-state index contributed by atoms with van der Waals surface area (Å²) in [6.07, 6.45) is 3.07. The molecule has 0 atom stereocenters. The lowest BCUT2D eigenvalue weighted by Crippen LogP contribution is -2.16. The number of carbonyl (C=O) groups is 1. The van der Waals surface area contributed by atoms with Crippen LogP contribution in [0.25, 0.3) is 0 Å². The molecule has 0 saturated carbocycles. The Kier molecular flexibility index (Phi) is 5.25. The number of hydrogen-bond acceptors (Lipinski definition) is 2. The molecule has 0 radical (unpaired) electrons. The van der Waals surface area contributed by atoms with E-state index in [-0.39, 0.29) is 18.0 Å². The second kappa shape index (κ2) is 6.71. The molecule has 18 heavy (non-hydrogen) atoms. The molecule has 0 aromatic heterocycles. The Morgan fingerprint density at radius 1 is 1.39 bits per heavy atom. The molecule has 0 spiro atoms. The van der Waals surface area contributed by atoms with Crippen LogP contribution in [0.5, 0.6) is 0 Å². The van der Waals surface area contributed by atoms with Crippen molar-refractivity contribution in [3.05, 3.63) is 34.1 Å². The number of Topliss-reactive ketones (excluding diaryl/α,β-unsaturated/α-hetero) is 1. The largest absolute Gasteiger partial charge is 0.299 e. The summed E-state index contributed by atoms with van der Waals surface area (Å²) in [4.78, 5) is 12.0. The van der Waals surface area contributed by atoms with Gasteiger partial charge in [-0.25, -0.2) is 4.39 Å². The van der Waals surface area contributed by atoms with Gasteiger partial charge in [0, 0.05) is 17.3 Å². The predicted molar refractivity (Wildman–Crippen MR) is 77.5 cm³/mol. The summed E-state index contributed by atoms with van der Waals surface area (Å²) in [6, 6.07) is 4.76. The molecule has 0 bridgehead atoms. The van der Waals surface area contributed by atoms with Gasteiger partial charge in [-0.05, 0) is 54.0 Å². The fraction of sp³-hybridized carbons (Fsp3) is 0.500. The number of carbonyl (C=O) groups excluding carboxylic acids is 1. The first kappa shape index (κ1) is 14.1. The Hall–Kier alpha value is -0.350. The van der Waals surface area contributed by atoms with Gasteiger partial charge in [0.25, 0.3) is 0 Å². The molecule has 0 N–H and O–H groups in total. The third-order valence-electron chi connectivity index (χ3n) is 3.25. The van der Waals surface area contributed by atoms with Crippen molar-refractivity contribution in [2.45, 2.75) is 25.7 Å². The molecule has 0 amide bonds. The van der Waals surface area contributed by atoms with Gasteiger partial charge in [-0.2, -0.15) is 11.8 Å². The number of thioether (sulfide) groups is 1. The quantitative estimate of drug-likeness (QED) is 0.821. The summed E-state index contributed by atoms with van der Waals surface area (Å²) in [5.41, 5.74) is 0.500. The zero-order chi connectivity index (χ0) is 13.0. The van der Waals surface area contributed by atoms with Crippen molar-refractivity contribution in [1.29, 1.82) is 0 Å². The molecule has 98 valence electrons. The van der Waals surface area contributed by atoms with Crippen molar-refractivity contribution < 1.29 is 9.18 Å². The molecule has 1 fully saturated rings. The van der Waals surface area contributed by atoms with Crippen LogP contribution in [0.1, 0.15) is 24.8 Å². The average molecular weight is 331 g/mol. The van der Waals surface area contributed by atoms with Crippen molar-refractivity contribution >= 4 is 33.5 Å². The van der Waals surface area contributed by atoms with Crippen molar-refractivity contribution in [2.75, 3.05) is 11.5 Å². The maximum atomic E-state index is 13.5. The summed E-state index contributed by atoms with van der Waals surface area (Å²) in [5, 5.41) is 0. The molecule has 4 heteroatoms. The third kappa shape index (κ3) is 4.09. The molecule has 1 nitrogen and oxygen atoms in total. The van der Waals surface area contributed by atoms with E-state index in [0.717, 1.165) is 28.8 Å². The van der Waals surface area contributed by atoms with Gasteiger partial charge in [0.1, 0.15) is 11.6 Å². The monoisotopic (exact) mass is 330 g/mol. The van der Waals surface area contributed by atoms with Crippen molar-refractivity contribution in [3.8, 4) is 0 Å². The van der Waals surface area contributed by atoms with Crippen molar-refractivity contribution in [2.24, 2.45) is 5.92 Å². The molecule has 1 aromatic carbocycles. The molecule has 0 aliphatic carbocycles. The molecule has 0 unspecified atom stereocenters. The summed E-state index contributed by atoms with van der Waals surface area (Å²) in [6.45, 7) is 0. The number of hydrogen-bond donors (Lipinski definition) is 0. The first-order chi connectivity index (χ1) is 8.65. The number of benzene rings is 1. The van der Waals surface area contributed by atoms with E-state index in [1.165, 1.54) is 6.07 Å². The second-order valence-electron chi connectivity index (χ2n) is 4.71. The van der Waals surface area contributed by atoms with Crippen LogP contribution in [0.2, 0.25) is 0 Å². The third-order valence-corrected chi connectivity index (χ3v) is 4.79. The van der Waals surface area contributed by atoms with E-state index in [4.69, 9.17) is 0 Å². The van der Waals surface area contributed by atoms with E-state index in [9.17, 15) is 9.18 Å². The van der Waals surface area contributed by atoms with Crippen LogP contribution >= 0.6 is 27.7 Å². The maximum Gasteiger partial charge on any atom is 0.137 e. The summed E-state index contributed by atoms with van der Waals surface area (Å²) in [5.74, 6) is 2.69. The fourth-order valence-corrected chi connectivity index (χ4v) is 3.85. The average Bonchev–Trinajstić information content (AvgIpc) is 2.35. The molecule has 2 rings (SSSR count). The van der Waals surface area contributed by atoms with Gasteiger partial charge in [-0.1, -0.05) is 15.9 Å². The van der Waals surface area contributed by atoms with Crippen LogP contribution in [0.15, 0.2) is 22.7 Å². The summed E-state index contributed by atoms with van der Waals surface area (Å²) < 4.78 is 14.4. The summed E-state index contributed by atoms with van der Waals surface area (Å²) in [7, 11) is 0. The minimum absolute atomic E-state index is 0.156. The van der Waals surface area contributed by atoms with Gasteiger partial charge in [-0.3, -0.25) is 4.79 Å². The molecule has 1 aliphatic rings.